The molecule has 0 amide bonds. The van der Waals surface area contributed by atoms with Gasteiger partial charge >= 0.3 is 0 Å². The third kappa shape index (κ3) is 5.31. The normalized spacial score (nSPS) is 21.4. The van der Waals surface area contributed by atoms with Crippen molar-refractivity contribution in [1.82, 2.24) is 5.32 Å². The molecular weight excluding hydrogens is 198 g/mol. The second kappa shape index (κ2) is 9.00. The van der Waals surface area contributed by atoms with Crippen LogP contribution in [0.25, 0.3) is 0 Å². The van der Waals surface area contributed by atoms with E-state index in [1.807, 2.05) is 7.11 Å². The Morgan fingerprint density at radius 2 is 1.75 bits per heavy atom. The van der Waals surface area contributed by atoms with E-state index in [0.29, 0.717) is 6.04 Å². The molecule has 1 unspecified atom stereocenters. The highest BCUT2D eigenvalue weighted by Crippen LogP contribution is 2.25. The fourth-order valence-electron chi connectivity index (χ4n) is 2.76. The highest BCUT2D eigenvalue weighted by Gasteiger charge is 2.21. The molecule has 0 aliphatic heterocycles. The number of methoxy groups -OCH3 is 1. The van der Waals surface area contributed by atoms with E-state index in [2.05, 4.69) is 12.2 Å². The van der Waals surface area contributed by atoms with Crippen LogP contribution >= 0.6 is 0 Å². The maximum atomic E-state index is 5.36. The standard InChI is InChI=1S/C14H29NO/c1-3-11-15-14(12-16-2)13-9-7-5-4-6-8-10-13/h13-15H,3-12H2,1-2H3. The molecular formula is C14H29NO. The summed E-state index contributed by atoms with van der Waals surface area (Å²) in [7, 11) is 1.82. The lowest BCUT2D eigenvalue weighted by molar-refractivity contribution is 0.129. The van der Waals surface area contributed by atoms with E-state index in [1.165, 1.54) is 51.4 Å². The van der Waals surface area contributed by atoms with Gasteiger partial charge in [0.25, 0.3) is 0 Å². The molecule has 0 radical (unpaired) electrons. The van der Waals surface area contributed by atoms with Crippen LogP contribution in [0.5, 0.6) is 0 Å². The van der Waals surface area contributed by atoms with Crippen molar-refractivity contribution in [3.63, 3.8) is 0 Å². The van der Waals surface area contributed by atoms with Gasteiger partial charge in [-0.05, 0) is 31.7 Å². The van der Waals surface area contributed by atoms with Crippen LogP contribution < -0.4 is 5.32 Å². The Balaban J connectivity index is 2.38. The number of hydrogen-bond acceptors (Lipinski definition) is 2. The molecule has 1 N–H and O–H groups in total. The van der Waals surface area contributed by atoms with Gasteiger partial charge in [0.15, 0.2) is 0 Å². The molecule has 1 atom stereocenters. The van der Waals surface area contributed by atoms with Gasteiger partial charge in [-0.25, -0.2) is 0 Å². The van der Waals surface area contributed by atoms with Gasteiger partial charge < -0.3 is 10.1 Å². The van der Waals surface area contributed by atoms with Crippen LogP contribution in [0.4, 0.5) is 0 Å². The SMILES string of the molecule is CCCNC(COC)C1CCCCCCC1. The molecule has 2 nitrogen and oxygen atoms in total. The highest BCUT2D eigenvalue weighted by atomic mass is 16.5. The Hall–Kier alpha value is -0.0800. The maximum Gasteiger partial charge on any atom is 0.0618 e. The number of rotatable bonds is 6. The van der Waals surface area contributed by atoms with Gasteiger partial charge in [-0.1, -0.05) is 39.0 Å². The van der Waals surface area contributed by atoms with Gasteiger partial charge in [0.05, 0.1) is 6.61 Å². The van der Waals surface area contributed by atoms with Crippen LogP contribution in [0.1, 0.15) is 58.3 Å². The Bertz CT molecular complexity index is 150. The lowest BCUT2D eigenvalue weighted by Gasteiger charge is -2.29. The molecule has 1 saturated carbocycles. The largest absolute Gasteiger partial charge is 0.383 e. The van der Waals surface area contributed by atoms with E-state index >= 15 is 0 Å². The summed E-state index contributed by atoms with van der Waals surface area (Å²) in [6.07, 6.45) is 11.2. The summed E-state index contributed by atoms with van der Waals surface area (Å²) in [6.45, 7) is 4.24. The van der Waals surface area contributed by atoms with E-state index in [-0.39, 0.29) is 0 Å². The van der Waals surface area contributed by atoms with E-state index in [9.17, 15) is 0 Å². The average Bonchev–Trinajstić information content (AvgIpc) is 2.24. The molecule has 16 heavy (non-hydrogen) atoms. The average molecular weight is 227 g/mol. The fraction of sp³-hybridized carbons (Fsp3) is 1.00. The molecule has 0 aromatic carbocycles. The molecule has 96 valence electrons. The highest BCUT2D eigenvalue weighted by molar-refractivity contribution is 4.77. The maximum absolute atomic E-state index is 5.36. The first-order chi connectivity index (χ1) is 7.88. The van der Waals surface area contributed by atoms with Crippen LogP contribution in [0.15, 0.2) is 0 Å². The monoisotopic (exact) mass is 227 g/mol. The number of nitrogens with one attached hydrogen (secondary N) is 1. The van der Waals surface area contributed by atoms with E-state index in [4.69, 9.17) is 4.74 Å². The molecule has 0 bridgehead atoms. The van der Waals surface area contributed by atoms with Crippen molar-refractivity contribution in [1.29, 1.82) is 0 Å². The van der Waals surface area contributed by atoms with E-state index in [1.54, 1.807) is 0 Å². The van der Waals surface area contributed by atoms with Crippen LogP contribution in [0.3, 0.4) is 0 Å². The molecule has 1 fully saturated rings. The molecule has 1 rings (SSSR count). The molecule has 0 heterocycles. The Labute approximate surface area is 101 Å². The van der Waals surface area contributed by atoms with Gasteiger partial charge in [-0.15, -0.1) is 0 Å². The van der Waals surface area contributed by atoms with Crippen molar-refractivity contribution >= 4 is 0 Å². The van der Waals surface area contributed by atoms with Gasteiger partial charge in [-0.3, -0.25) is 0 Å². The second-order valence-electron chi connectivity index (χ2n) is 5.12. The zero-order chi connectivity index (χ0) is 11.6. The third-order valence-corrected chi connectivity index (χ3v) is 3.72. The third-order valence-electron chi connectivity index (χ3n) is 3.72. The van der Waals surface area contributed by atoms with Crippen molar-refractivity contribution < 1.29 is 4.74 Å². The van der Waals surface area contributed by atoms with Crippen molar-refractivity contribution in [3.05, 3.63) is 0 Å². The summed E-state index contributed by atoms with van der Waals surface area (Å²) < 4.78 is 5.36. The summed E-state index contributed by atoms with van der Waals surface area (Å²) in [6, 6.07) is 0.586. The number of hydrogen-bond donors (Lipinski definition) is 1. The molecule has 0 spiro atoms. The first-order valence-corrected chi connectivity index (χ1v) is 7.10. The van der Waals surface area contributed by atoms with Crippen molar-refractivity contribution in [3.8, 4) is 0 Å². The Morgan fingerprint density at radius 3 is 2.31 bits per heavy atom. The lowest BCUT2D eigenvalue weighted by Crippen LogP contribution is -2.40. The Kier molecular flexibility index (Phi) is 7.87. The minimum atomic E-state index is 0.586. The molecule has 2 heteroatoms. The summed E-state index contributed by atoms with van der Waals surface area (Å²) in [4.78, 5) is 0. The molecule has 0 saturated heterocycles. The second-order valence-corrected chi connectivity index (χ2v) is 5.12. The molecule has 1 aliphatic carbocycles. The zero-order valence-corrected chi connectivity index (χ0v) is 11.1. The van der Waals surface area contributed by atoms with E-state index in [0.717, 1.165) is 19.1 Å². The topological polar surface area (TPSA) is 21.3 Å². The van der Waals surface area contributed by atoms with Crippen LogP contribution in [-0.2, 0) is 4.74 Å². The van der Waals surface area contributed by atoms with Gasteiger partial charge in [0.2, 0.25) is 0 Å². The summed E-state index contributed by atoms with van der Waals surface area (Å²) in [5.41, 5.74) is 0. The summed E-state index contributed by atoms with van der Waals surface area (Å²) >= 11 is 0. The van der Waals surface area contributed by atoms with Crippen LogP contribution in [-0.4, -0.2) is 26.3 Å². The zero-order valence-electron chi connectivity index (χ0n) is 11.1. The molecule has 0 aromatic rings. The minimum Gasteiger partial charge on any atom is -0.383 e. The van der Waals surface area contributed by atoms with Crippen molar-refractivity contribution in [2.24, 2.45) is 5.92 Å². The Morgan fingerprint density at radius 1 is 1.12 bits per heavy atom. The fourth-order valence-corrected chi connectivity index (χ4v) is 2.76. The molecule has 1 aliphatic rings. The predicted molar refractivity (Wildman–Crippen MR) is 69.8 cm³/mol. The number of ether oxygens (including phenoxy) is 1. The lowest BCUT2D eigenvalue weighted by atomic mass is 9.86. The first kappa shape index (κ1) is 14.0. The minimum absolute atomic E-state index is 0.586. The van der Waals surface area contributed by atoms with Crippen molar-refractivity contribution in [2.75, 3.05) is 20.3 Å². The molecule has 0 aromatic heterocycles. The van der Waals surface area contributed by atoms with Crippen LogP contribution in [0.2, 0.25) is 0 Å². The van der Waals surface area contributed by atoms with E-state index < -0.39 is 0 Å². The summed E-state index contributed by atoms with van der Waals surface area (Å²) in [5.74, 6) is 0.840. The smallest absolute Gasteiger partial charge is 0.0618 e. The van der Waals surface area contributed by atoms with Gasteiger partial charge in [-0.2, -0.15) is 0 Å². The van der Waals surface area contributed by atoms with Gasteiger partial charge in [0, 0.05) is 13.2 Å². The first-order valence-electron chi connectivity index (χ1n) is 7.10. The quantitative estimate of drug-likeness (QED) is 0.751. The van der Waals surface area contributed by atoms with Crippen molar-refractivity contribution in [2.45, 2.75) is 64.3 Å². The van der Waals surface area contributed by atoms with Gasteiger partial charge in [0.1, 0.15) is 0 Å². The van der Waals surface area contributed by atoms with Crippen LogP contribution in [0, 0.1) is 5.92 Å². The predicted octanol–water partition coefficient (Wildman–Crippen LogP) is 3.36. The summed E-state index contributed by atoms with van der Waals surface area (Å²) in [5, 5.41) is 3.66.